The number of halogens is 1. The Kier molecular flexibility index (Phi) is 7.95. The summed E-state index contributed by atoms with van der Waals surface area (Å²) in [6.45, 7) is 5.17. The van der Waals surface area contributed by atoms with Crippen LogP contribution in [0.3, 0.4) is 0 Å². The number of hydrogen-bond acceptors (Lipinski definition) is 3. The summed E-state index contributed by atoms with van der Waals surface area (Å²) >= 11 is 0. The minimum Gasteiger partial charge on any atom is -0.378 e. The van der Waals surface area contributed by atoms with Crippen molar-refractivity contribution in [1.29, 1.82) is 0 Å². The minimum absolute atomic E-state index is 0. The fourth-order valence-corrected chi connectivity index (χ4v) is 3.22. The number of rotatable bonds is 5. The highest BCUT2D eigenvalue weighted by Gasteiger charge is 2.29. The first-order valence-electron chi connectivity index (χ1n) is 8.66. The molecule has 1 amide bonds. The fourth-order valence-electron chi connectivity index (χ4n) is 3.22. The highest BCUT2D eigenvalue weighted by atomic mass is 127. The van der Waals surface area contributed by atoms with E-state index in [-0.39, 0.29) is 35.8 Å². The second kappa shape index (κ2) is 9.96. The number of carbonyl (C=O) groups is 1. The van der Waals surface area contributed by atoms with Gasteiger partial charge in [0.25, 0.3) is 0 Å². The fraction of sp³-hybridized carbons (Fsp3) is 0.556. The third kappa shape index (κ3) is 5.85. The van der Waals surface area contributed by atoms with Crippen LogP contribution in [0.2, 0.25) is 0 Å². The van der Waals surface area contributed by atoms with E-state index in [1.165, 1.54) is 5.56 Å². The van der Waals surface area contributed by atoms with Gasteiger partial charge in [0.05, 0.1) is 13.2 Å². The van der Waals surface area contributed by atoms with Crippen molar-refractivity contribution in [2.24, 2.45) is 16.6 Å². The van der Waals surface area contributed by atoms with E-state index in [0.717, 1.165) is 32.6 Å². The lowest BCUT2D eigenvalue weighted by Gasteiger charge is -2.27. The molecule has 0 bridgehead atoms. The van der Waals surface area contributed by atoms with Gasteiger partial charge in [-0.2, -0.15) is 0 Å². The number of guanidine groups is 1. The first-order chi connectivity index (χ1) is 11.7. The maximum Gasteiger partial charge on any atom is 0.223 e. The molecule has 2 saturated heterocycles. The average Bonchev–Trinajstić information content (AvgIpc) is 2.99. The summed E-state index contributed by atoms with van der Waals surface area (Å²) in [6.07, 6.45) is 1.48. The first kappa shape index (κ1) is 20.0. The van der Waals surface area contributed by atoms with Crippen LogP contribution in [0, 0.1) is 5.92 Å². The van der Waals surface area contributed by atoms with Gasteiger partial charge in [0.2, 0.25) is 5.91 Å². The van der Waals surface area contributed by atoms with E-state index >= 15 is 0 Å². The molecule has 6 nitrogen and oxygen atoms in total. The molecule has 0 saturated carbocycles. The van der Waals surface area contributed by atoms with E-state index in [1.807, 2.05) is 28.0 Å². The number of likely N-dealkylation sites (tertiary alicyclic amines) is 1. The Hall–Kier alpha value is -1.35. The third-order valence-corrected chi connectivity index (χ3v) is 4.65. The molecule has 0 aliphatic carbocycles. The number of nitrogens with zero attached hydrogens (tertiary/aromatic N) is 3. The summed E-state index contributed by atoms with van der Waals surface area (Å²) in [4.78, 5) is 20.7. The highest BCUT2D eigenvalue weighted by molar-refractivity contribution is 14.0. The van der Waals surface area contributed by atoms with Gasteiger partial charge in [-0.05, 0) is 12.0 Å². The van der Waals surface area contributed by atoms with E-state index in [1.54, 1.807) is 0 Å². The average molecular weight is 458 g/mol. The molecular weight excluding hydrogens is 431 g/mol. The van der Waals surface area contributed by atoms with Crippen molar-refractivity contribution in [2.45, 2.75) is 12.8 Å². The zero-order valence-corrected chi connectivity index (χ0v) is 16.8. The molecule has 1 aromatic carbocycles. The molecule has 2 aliphatic rings. The molecule has 0 spiro atoms. The summed E-state index contributed by atoms with van der Waals surface area (Å²) in [5.41, 5.74) is 7.32. The SMILES string of the molecule is I.NC(=NCC1CC(=O)N(CCc2ccccc2)C1)N1CCOCC1. The van der Waals surface area contributed by atoms with Crippen molar-refractivity contribution in [3.05, 3.63) is 35.9 Å². The van der Waals surface area contributed by atoms with Crippen LogP contribution in [0.15, 0.2) is 35.3 Å². The van der Waals surface area contributed by atoms with Crippen molar-refractivity contribution >= 4 is 35.8 Å². The van der Waals surface area contributed by atoms with Gasteiger partial charge >= 0.3 is 0 Å². The maximum absolute atomic E-state index is 12.2. The van der Waals surface area contributed by atoms with Crippen LogP contribution < -0.4 is 5.73 Å². The smallest absolute Gasteiger partial charge is 0.223 e. The number of hydrogen-bond donors (Lipinski definition) is 1. The number of benzene rings is 1. The van der Waals surface area contributed by atoms with E-state index in [0.29, 0.717) is 32.1 Å². The predicted octanol–water partition coefficient (Wildman–Crippen LogP) is 1.34. The van der Waals surface area contributed by atoms with Gasteiger partial charge in [0.1, 0.15) is 0 Å². The molecule has 2 heterocycles. The van der Waals surface area contributed by atoms with Crippen molar-refractivity contribution in [3.63, 3.8) is 0 Å². The van der Waals surface area contributed by atoms with E-state index in [4.69, 9.17) is 10.5 Å². The third-order valence-electron chi connectivity index (χ3n) is 4.65. The summed E-state index contributed by atoms with van der Waals surface area (Å²) in [7, 11) is 0. The number of aliphatic imine (C=N–C) groups is 1. The lowest BCUT2D eigenvalue weighted by atomic mass is 10.1. The van der Waals surface area contributed by atoms with Crippen LogP contribution >= 0.6 is 24.0 Å². The van der Waals surface area contributed by atoms with Gasteiger partial charge in [0.15, 0.2) is 5.96 Å². The molecule has 2 fully saturated rings. The number of amides is 1. The Morgan fingerprint density at radius 1 is 1.24 bits per heavy atom. The standard InChI is InChI=1S/C18H26N4O2.HI/c19-18(21-8-10-24-11-9-21)20-13-16-12-17(23)22(14-16)7-6-15-4-2-1-3-5-15;/h1-5,16H,6-14H2,(H2,19,20);1H. The van der Waals surface area contributed by atoms with Crippen molar-refractivity contribution < 1.29 is 9.53 Å². The molecular formula is C18H27IN4O2. The van der Waals surface area contributed by atoms with Crippen LogP contribution in [0.5, 0.6) is 0 Å². The number of morpholine rings is 1. The topological polar surface area (TPSA) is 71.2 Å². The van der Waals surface area contributed by atoms with Gasteiger partial charge in [-0.1, -0.05) is 30.3 Å². The zero-order valence-electron chi connectivity index (χ0n) is 14.5. The summed E-state index contributed by atoms with van der Waals surface area (Å²) < 4.78 is 5.32. The number of ether oxygens (including phenoxy) is 1. The van der Waals surface area contributed by atoms with Crippen LogP contribution in [0.4, 0.5) is 0 Å². The van der Waals surface area contributed by atoms with Gasteiger partial charge < -0.3 is 20.3 Å². The van der Waals surface area contributed by atoms with E-state index < -0.39 is 0 Å². The molecule has 138 valence electrons. The van der Waals surface area contributed by atoms with Gasteiger partial charge in [-0.25, -0.2) is 0 Å². The quantitative estimate of drug-likeness (QED) is 0.411. The Morgan fingerprint density at radius 3 is 2.68 bits per heavy atom. The molecule has 0 aromatic heterocycles. The number of nitrogens with two attached hydrogens (primary N) is 1. The molecule has 25 heavy (non-hydrogen) atoms. The van der Waals surface area contributed by atoms with Crippen molar-refractivity contribution in [1.82, 2.24) is 9.80 Å². The summed E-state index contributed by atoms with van der Waals surface area (Å²) in [6, 6.07) is 10.3. The van der Waals surface area contributed by atoms with Crippen LogP contribution in [0.25, 0.3) is 0 Å². The van der Waals surface area contributed by atoms with E-state index in [2.05, 4.69) is 17.1 Å². The molecule has 3 rings (SSSR count). The molecule has 7 heteroatoms. The summed E-state index contributed by atoms with van der Waals surface area (Å²) in [5, 5.41) is 0. The molecule has 1 unspecified atom stereocenters. The predicted molar refractivity (Wildman–Crippen MR) is 109 cm³/mol. The van der Waals surface area contributed by atoms with Gasteiger partial charge in [0, 0.05) is 45.1 Å². The Morgan fingerprint density at radius 2 is 1.96 bits per heavy atom. The van der Waals surface area contributed by atoms with E-state index in [9.17, 15) is 4.79 Å². The molecule has 1 aromatic rings. The van der Waals surface area contributed by atoms with Gasteiger partial charge in [-0.3, -0.25) is 9.79 Å². The Bertz CT molecular complexity index is 576. The van der Waals surface area contributed by atoms with Crippen LogP contribution in [-0.2, 0) is 16.0 Å². The monoisotopic (exact) mass is 458 g/mol. The second-order valence-electron chi connectivity index (χ2n) is 6.44. The van der Waals surface area contributed by atoms with Crippen molar-refractivity contribution in [2.75, 3.05) is 45.9 Å². The van der Waals surface area contributed by atoms with Crippen LogP contribution in [0.1, 0.15) is 12.0 Å². The molecule has 0 radical (unpaired) electrons. The zero-order chi connectivity index (χ0) is 16.8. The minimum atomic E-state index is 0. The van der Waals surface area contributed by atoms with Crippen molar-refractivity contribution in [3.8, 4) is 0 Å². The highest BCUT2D eigenvalue weighted by Crippen LogP contribution is 2.18. The molecule has 2 aliphatic heterocycles. The lowest BCUT2D eigenvalue weighted by Crippen LogP contribution is -2.45. The molecule has 2 N–H and O–H groups in total. The van der Waals surface area contributed by atoms with Gasteiger partial charge in [-0.15, -0.1) is 24.0 Å². The Balaban J connectivity index is 0.00000225. The summed E-state index contributed by atoms with van der Waals surface area (Å²) in [5.74, 6) is 1.08. The first-order valence-corrected chi connectivity index (χ1v) is 8.66. The normalized spacial score (nSPS) is 21.4. The molecule has 1 atom stereocenters. The lowest BCUT2D eigenvalue weighted by molar-refractivity contribution is -0.127. The second-order valence-corrected chi connectivity index (χ2v) is 6.44. The largest absolute Gasteiger partial charge is 0.378 e. The Labute approximate surface area is 166 Å². The van der Waals surface area contributed by atoms with Crippen LogP contribution in [-0.4, -0.2) is 67.6 Å². The number of carbonyl (C=O) groups excluding carboxylic acids is 1. The maximum atomic E-state index is 12.2.